The number of rotatable bonds is 3. The van der Waals surface area contributed by atoms with Gasteiger partial charge in [-0.1, -0.05) is 34.1 Å². The SMILES string of the molecule is Brc1ccccc1CN1CC(n2nccn2)C1. The van der Waals surface area contributed by atoms with Crippen molar-refractivity contribution in [2.45, 2.75) is 12.6 Å². The molecule has 0 saturated carbocycles. The lowest BCUT2D eigenvalue weighted by Gasteiger charge is -2.38. The Hall–Kier alpha value is -1.20. The van der Waals surface area contributed by atoms with Crippen LogP contribution in [0.1, 0.15) is 11.6 Å². The zero-order chi connectivity index (χ0) is 11.7. The summed E-state index contributed by atoms with van der Waals surface area (Å²) in [5, 5.41) is 8.33. The molecule has 1 saturated heterocycles. The van der Waals surface area contributed by atoms with Crippen LogP contribution in [0.2, 0.25) is 0 Å². The molecule has 4 nitrogen and oxygen atoms in total. The summed E-state index contributed by atoms with van der Waals surface area (Å²) in [6, 6.07) is 8.80. The van der Waals surface area contributed by atoms with Crippen molar-refractivity contribution in [2.24, 2.45) is 0 Å². The van der Waals surface area contributed by atoms with Gasteiger partial charge in [-0.05, 0) is 11.6 Å². The van der Waals surface area contributed by atoms with E-state index in [4.69, 9.17) is 0 Å². The molecule has 0 radical (unpaired) electrons. The molecule has 1 aliphatic rings. The molecule has 2 aromatic rings. The van der Waals surface area contributed by atoms with E-state index in [1.54, 1.807) is 17.2 Å². The molecule has 0 spiro atoms. The fourth-order valence-corrected chi connectivity index (χ4v) is 2.51. The summed E-state index contributed by atoms with van der Waals surface area (Å²) in [5.74, 6) is 0. The molecule has 0 atom stereocenters. The van der Waals surface area contributed by atoms with Gasteiger partial charge >= 0.3 is 0 Å². The topological polar surface area (TPSA) is 34.0 Å². The summed E-state index contributed by atoms with van der Waals surface area (Å²) >= 11 is 3.58. The Labute approximate surface area is 108 Å². The van der Waals surface area contributed by atoms with E-state index in [0.717, 1.165) is 19.6 Å². The Morgan fingerprint density at radius 3 is 2.59 bits per heavy atom. The first kappa shape index (κ1) is 10.9. The quantitative estimate of drug-likeness (QED) is 0.869. The zero-order valence-electron chi connectivity index (χ0n) is 9.33. The maximum absolute atomic E-state index is 4.17. The van der Waals surface area contributed by atoms with E-state index in [1.165, 1.54) is 10.0 Å². The fraction of sp³-hybridized carbons (Fsp3) is 0.333. The molecule has 1 aliphatic heterocycles. The molecule has 1 aromatic carbocycles. The van der Waals surface area contributed by atoms with Gasteiger partial charge in [0.15, 0.2) is 0 Å². The van der Waals surface area contributed by atoms with Gasteiger partial charge in [-0.25, -0.2) is 0 Å². The summed E-state index contributed by atoms with van der Waals surface area (Å²) in [5.41, 5.74) is 1.33. The van der Waals surface area contributed by atoms with Crippen LogP contribution in [0, 0.1) is 0 Å². The largest absolute Gasteiger partial charge is 0.295 e. The average Bonchev–Trinajstić information content (AvgIpc) is 2.78. The van der Waals surface area contributed by atoms with E-state index in [0.29, 0.717) is 6.04 Å². The highest BCUT2D eigenvalue weighted by Crippen LogP contribution is 2.24. The minimum atomic E-state index is 0.437. The smallest absolute Gasteiger partial charge is 0.0969 e. The Kier molecular flexibility index (Phi) is 2.94. The van der Waals surface area contributed by atoms with Gasteiger partial charge in [0.05, 0.1) is 18.4 Å². The molecule has 3 rings (SSSR count). The zero-order valence-corrected chi connectivity index (χ0v) is 10.9. The van der Waals surface area contributed by atoms with Crippen LogP contribution in [0.5, 0.6) is 0 Å². The van der Waals surface area contributed by atoms with Crippen molar-refractivity contribution >= 4 is 15.9 Å². The maximum atomic E-state index is 4.17. The normalized spacial score (nSPS) is 17.0. The molecule has 0 amide bonds. The van der Waals surface area contributed by atoms with Gasteiger partial charge in [0.1, 0.15) is 0 Å². The van der Waals surface area contributed by atoms with Crippen molar-refractivity contribution in [3.8, 4) is 0 Å². The summed E-state index contributed by atoms with van der Waals surface area (Å²) in [6.45, 7) is 3.03. The third-order valence-electron chi connectivity index (χ3n) is 3.05. The predicted molar refractivity (Wildman–Crippen MR) is 68.5 cm³/mol. The summed E-state index contributed by atoms with van der Waals surface area (Å²) < 4.78 is 1.18. The van der Waals surface area contributed by atoms with Gasteiger partial charge in [0, 0.05) is 24.1 Å². The van der Waals surface area contributed by atoms with Crippen molar-refractivity contribution in [3.63, 3.8) is 0 Å². The molecule has 5 heteroatoms. The molecule has 0 unspecified atom stereocenters. The molecule has 17 heavy (non-hydrogen) atoms. The van der Waals surface area contributed by atoms with E-state index in [-0.39, 0.29) is 0 Å². The molecule has 0 bridgehead atoms. The monoisotopic (exact) mass is 292 g/mol. The third-order valence-corrected chi connectivity index (χ3v) is 3.83. The second-order valence-corrected chi connectivity index (χ2v) is 5.14. The average molecular weight is 293 g/mol. The molecule has 0 N–H and O–H groups in total. The van der Waals surface area contributed by atoms with Crippen molar-refractivity contribution in [1.82, 2.24) is 19.9 Å². The standard InChI is InChI=1S/C12H13BrN4/c13-12-4-2-1-3-10(12)7-16-8-11(9-16)17-14-5-6-15-17/h1-6,11H,7-9H2. The van der Waals surface area contributed by atoms with E-state index in [2.05, 4.69) is 49.2 Å². The first-order valence-corrected chi connectivity index (χ1v) is 6.44. The number of hydrogen-bond acceptors (Lipinski definition) is 3. The Morgan fingerprint density at radius 2 is 1.88 bits per heavy atom. The van der Waals surface area contributed by atoms with Gasteiger partial charge < -0.3 is 0 Å². The van der Waals surface area contributed by atoms with Crippen LogP contribution in [-0.4, -0.2) is 33.0 Å². The second kappa shape index (κ2) is 4.58. The number of benzene rings is 1. The van der Waals surface area contributed by atoms with E-state index in [9.17, 15) is 0 Å². The Balaban J connectivity index is 1.58. The van der Waals surface area contributed by atoms with Gasteiger partial charge in [0.25, 0.3) is 0 Å². The van der Waals surface area contributed by atoms with Gasteiger partial charge in [-0.3, -0.25) is 4.90 Å². The highest BCUT2D eigenvalue weighted by molar-refractivity contribution is 9.10. The number of nitrogens with zero attached hydrogens (tertiary/aromatic N) is 4. The number of likely N-dealkylation sites (tertiary alicyclic amines) is 1. The van der Waals surface area contributed by atoms with E-state index >= 15 is 0 Å². The summed E-state index contributed by atoms with van der Waals surface area (Å²) in [4.78, 5) is 4.20. The number of hydrogen-bond donors (Lipinski definition) is 0. The van der Waals surface area contributed by atoms with Gasteiger partial charge in [-0.2, -0.15) is 15.0 Å². The Bertz CT molecular complexity index is 491. The lowest BCUT2D eigenvalue weighted by Crippen LogP contribution is -2.47. The first-order valence-electron chi connectivity index (χ1n) is 5.64. The van der Waals surface area contributed by atoms with Crippen LogP contribution in [0.15, 0.2) is 41.1 Å². The van der Waals surface area contributed by atoms with Crippen molar-refractivity contribution in [2.75, 3.05) is 13.1 Å². The van der Waals surface area contributed by atoms with Crippen LogP contribution in [-0.2, 0) is 6.54 Å². The van der Waals surface area contributed by atoms with Crippen molar-refractivity contribution < 1.29 is 0 Å². The molecule has 1 fully saturated rings. The predicted octanol–water partition coefficient (Wildman–Crippen LogP) is 2.10. The van der Waals surface area contributed by atoms with Crippen molar-refractivity contribution in [3.05, 3.63) is 46.7 Å². The van der Waals surface area contributed by atoms with Crippen LogP contribution < -0.4 is 0 Å². The van der Waals surface area contributed by atoms with Crippen LogP contribution in [0.3, 0.4) is 0 Å². The molecular weight excluding hydrogens is 280 g/mol. The highest BCUT2D eigenvalue weighted by Gasteiger charge is 2.29. The second-order valence-electron chi connectivity index (χ2n) is 4.29. The van der Waals surface area contributed by atoms with Gasteiger partial charge in [0.2, 0.25) is 0 Å². The summed E-state index contributed by atoms with van der Waals surface area (Å²) in [7, 11) is 0. The molecule has 2 heterocycles. The van der Waals surface area contributed by atoms with E-state index in [1.807, 2.05) is 6.07 Å². The molecule has 0 aliphatic carbocycles. The molecular formula is C12H13BrN4. The minimum Gasteiger partial charge on any atom is -0.295 e. The minimum absolute atomic E-state index is 0.437. The maximum Gasteiger partial charge on any atom is 0.0969 e. The lowest BCUT2D eigenvalue weighted by molar-refractivity contribution is 0.0812. The van der Waals surface area contributed by atoms with Crippen LogP contribution in [0.25, 0.3) is 0 Å². The van der Waals surface area contributed by atoms with Gasteiger partial charge in [-0.15, -0.1) is 0 Å². The third kappa shape index (κ3) is 2.25. The van der Waals surface area contributed by atoms with Crippen molar-refractivity contribution in [1.29, 1.82) is 0 Å². The lowest BCUT2D eigenvalue weighted by atomic mass is 10.1. The van der Waals surface area contributed by atoms with Crippen LogP contribution >= 0.6 is 15.9 Å². The molecule has 1 aromatic heterocycles. The number of halogens is 1. The van der Waals surface area contributed by atoms with E-state index < -0.39 is 0 Å². The number of aromatic nitrogens is 3. The fourth-order valence-electron chi connectivity index (χ4n) is 2.10. The van der Waals surface area contributed by atoms with Crippen LogP contribution in [0.4, 0.5) is 0 Å². The Morgan fingerprint density at radius 1 is 1.18 bits per heavy atom. The molecule has 88 valence electrons. The first-order chi connectivity index (χ1) is 8.33. The summed E-state index contributed by atoms with van der Waals surface area (Å²) in [6.07, 6.45) is 3.47. The highest BCUT2D eigenvalue weighted by atomic mass is 79.9.